The van der Waals surface area contributed by atoms with Crippen molar-refractivity contribution in [2.75, 3.05) is 7.11 Å². The zero-order chi connectivity index (χ0) is 16.4. The monoisotopic (exact) mass is 317 g/mol. The first-order valence-corrected chi connectivity index (χ1v) is 7.53. The van der Waals surface area contributed by atoms with Gasteiger partial charge in [-0.25, -0.2) is 0 Å². The van der Waals surface area contributed by atoms with E-state index in [1.54, 1.807) is 0 Å². The number of methoxy groups -OCH3 is 1. The number of aromatic nitrogens is 1. The number of hydrogen-bond acceptors (Lipinski definition) is 3. The van der Waals surface area contributed by atoms with Crippen molar-refractivity contribution < 1.29 is 9.53 Å². The summed E-state index contributed by atoms with van der Waals surface area (Å²) in [6.45, 7) is 7.96. The molecule has 0 atom stereocenters. The van der Waals surface area contributed by atoms with Crippen molar-refractivity contribution in [3.8, 4) is 11.3 Å². The summed E-state index contributed by atoms with van der Waals surface area (Å²) < 4.78 is 4.72. The lowest BCUT2D eigenvalue weighted by atomic mass is 9.99. The van der Waals surface area contributed by atoms with Crippen LogP contribution in [0.5, 0.6) is 0 Å². The summed E-state index contributed by atoms with van der Waals surface area (Å²) in [5.74, 6) is -0.315. The first kappa shape index (κ1) is 16.5. The van der Waals surface area contributed by atoms with Crippen molar-refractivity contribution in [1.82, 2.24) is 4.98 Å². The summed E-state index contributed by atoms with van der Waals surface area (Å²) in [6, 6.07) is 6.24. The molecule has 0 amide bonds. The molecule has 1 aromatic carbocycles. The van der Waals surface area contributed by atoms with Gasteiger partial charge in [0.1, 0.15) is 0 Å². The lowest BCUT2D eigenvalue weighted by Gasteiger charge is -2.15. The first-order chi connectivity index (χ1) is 10.3. The van der Waals surface area contributed by atoms with Crippen LogP contribution in [-0.2, 0) is 16.0 Å². The van der Waals surface area contributed by atoms with Crippen LogP contribution in [0.2, 0.25) is 5.02 Å². The molecule has 3 nitrogen and oxygen atoms in total. The molecular weight excluding hydrogens is 298 g/mol. The van der Waals surface area contributed by atoms with E-state index in [2.05, 4.69) is 31.0 Å². The number of carbonyl (C=O) groups excluding carboxylic acids is 1. The summed E-state index contributed by atoms with van der Waals surface area (Å²) in [7, 11) is 1.37. The van der Waals surface area contributed by atoms with E-state index in [0.717, 1.165) is 28.1 Å². The predicted molar refractivity (Wildman–Crippen MR) is 89.4 cm³/mol. The van der Waals surface area contributed by atoms with Gasteiger partial charge in [-0.15, -0.1) is 0 Å². The fraction of sp³-hybridized carbons (Fsp3) is 0.333. The molecule has 0 spiro atoms. The van der Waals surface area contributed by atoms with Gasteiger partial charge in [0.15, 0.2) is 0 Å². The van der Waals surface area contributed by atoms with Crippen molar-refractivity contribution in [3.63, 3.8) is 0 Å². The lowest BCUT2D eigenvalue weighted by molar-refractivity contribution is -0.139. The van der Waals surface area contributed by atoms with Gasteiger partial charge in [-0.3, -0.25) is 9.78 Å². The van der Waals surface area contributed by atoms with Crippen LogP contribution in [0, 0.1) is 27.7 Å². The molecule has 0 saturated heterocycles. The van der Waals surface area contributed by atoms with Crippen LogP contribution < -0.4 is 0 Å². The van der Waals surface area contributed by atoms with Gasteiger partial charge in [0.2, 0.25) is 0 Å². The number of rotatable bonds is 3. The minimum Gasteiger partial charge on any atom is -0.469 e. The Morgan fingerprint density at radius 1 is 1.18 bits per heavy atom. The van der Waals surface area contributed by atoms with Crippen LogP contribution in [0.4, 0.5) is 0 Å². The molecule has 116 valence electrons. The molecule has 4 heteroatoms. The van der Waals surface area contributed by atoms with Gasteiger partial charge in [-0.05, 0) is 50.5 Å². The highest BCUT2D eigenvalue weighted by Crippen LogP contribution is 2.32. The Morgan fingerprint density at radius 3 is 2.45 bits per heavy atom. The number of ether oxygens (including phenoxy) is 1. The van der Waals surface area contributed by atoms with Crippen LogP contribution >= 0.6 is 11.6 Å². The van der Waals surface area contributed by atoms with E-state index < -0.39 is 0 Å². The third-order valence-corrected chi connectivity index (χ3v) is 4.51. The van der Waals surface area contributed by atoms with Crippen LogP contribution in [0.1, 0.15) is 27.9 Å². The van der Waals surface area contributed by atoms with Gasteiger partial charge in [-0.1, -0.05) is 23.7 Å². The normalized spacial score (nSPS) is 10.6. The number of carbonyl (C=O) groups is 1. The molecule has 2 rings (SSSR count). The molecule has 0 bridgehead atoms. The van der Waals surface area contributed by atoms with E-state index in [9.17, 15) is 4.79 Å². The van der Waals surface area contributed by atoms with Crippen molar-refractivity contribution in [1.29, 1.82) is 0 Å². The summed E-state index contributed by atoms with van der Waals surface area (Å²) in [4.78, 5) is 16.2. The number of halogens is 1. The molecule has 0 aliphatic rings. The summed E-state index contributed by atoms with van der Waals surface area (Å²) >= 11 is 6.48. The molecule has 2 aromatic rings. The molecule has 0 aliphatic heterocycles. The van der Waals surface area contributed by atoms with Gasteiger partial charge in [0, 0.05) is 16.8 Å². The number of esters is 1. The Balaban J connectivity index is 2.55. The minimum atomic E-state index is -0.315. The average molecular weight is 318 g/mol. The van der Waals surface area contributed by atoms with E-state index in [1.165, 1.54) is 18.2 Å². The van der Waals surface area contributed by atoms with Gasteiger partial charge in [0.25, 0.3) is 0 Å². The molecular formula is C18H20ClNO2. The predicted octanol–water partition coefficient (Wildman–Crippen LogP) is 4.35. The van der Waals surface area contributed by atoms with E-state index in [0.29, 0.717) is 5.02 Å². The standard InChI is InChI=1S/C18H20ClNO2/c1-10-6-7-14(8-11(10)2)18-12(3)17(19)15(13(4)20-18)9-16(21)22-5/h6-8H,9H2,1-5H3. The maximum atomic E-state index is 11.5. The van der Waals surface area contributed by atoms with E-state index >= 15 is 0 Å². The third kappa shape index (κ3) is 3.14. The highest BCUT2D eigenvalue weighted by molar-refractivity contribution is 6.32. The molecule has 0 aliphatic carbocycles. The Bertz CT molecular complexity index is 738. The van der Waals surface area contributed by atoms with Crippen molar-refractivity contribution in [2.24, 2.45) is 0 Å². The highest BCUT2D eigenvalue weighted by Gasteiger charge is 2.17. The zero-order valence-electron chi connectivity index (χ0n) is 13.6. The zero-order valence-corrected chi connectivity index (χ0v) is 14.3. The summed E-state index contributed by atoms with van der Waals surface area (Å²) in [5.41, 5.74) is 6.73. The Labute approximate surface area is 136 Å². The molecule has 1 heterocycles. The van der Waals surface area contributed by atoms with E-state index in [-0.39, 0.29) is 12.4 Å². The number of pyridine rings is 1. The van der Waals surface area contributed by atoms with Gasteiger partial charge in [-0.2, -0.15) is 0 Å². The molecule has 0 fully saturated rings. The van der Waals surface area contributed by atoms with Crippen LogP contribution in [0.3, 0.4) is 0 Å². The third-order valence-electron chi connectivity index (χ3n) is 3.99. The largest absolute Gasteiger partial charge is 0.469 e. The van der Waals surface area contributed by atoms with Gasteiger partial charge in [0.05, 0.1) is 24.2 Å². The maximum Gasteiger partial charge on any atom is 0.310 e. The highest BCUT2D eigenvalue weighted by atomic mass is 35.5. The van der Waals surface area contributed by atoms with Crippen molar-refractivity contribution in [3.05, 3.63) is 51.2 Å². The molecule has 0 saturated carbocycles. The Hall–Kier alpha value is -1.87. The molecule has 22 heavy (non-hydrogen) atoms. The molecule has 1 aromatic heterocycles. The summed E-state index contributed by atoms with van der Waals surface area (Å²) in [6.07, 6.45) is 0.141. The Morgan fingerprint density at radius 2 is 1.86 bits per heavy atom. The number of hydrogen-bond donors (Lipinski definition) is 0. The number of aryl methyl sites for hydroxylation is 3. The van der Waals surface area contributed by atoms with Crippen LogP contribution in [0.15, 0.2) is 18.2 Å². The quantitative estimate of drug-likeness (QED) is 0.790. The van der Waals surface area contributed by atoms with Gasteiger partial charge < -0.3 is 4.74 Å². The Kier molecular flexibility index (Phi) is 4.87. The second-order valence-corrected chi connectivity index (χ2v) is 5.89. The topological polar surface area (TPSA) is 39.2 Å². The SMILES string of the molecule is COC(=O)Cc1c(C)nc(-c2ccc(C)c(C)c2)c(C)c1Cl. The lowest BCUT2D eigenvalue weighted by Crippen LogP contribution is -2.09. The second-order valence-electron chi connectivity index (χ2n) is 5.52. The van der Waals surface area contributed by atoms with Crippen LogP contribution in [0.25, 0.3) is 11.3 Å². The van der Waals surface area contributed by atoms with Crippen molar-refractivity contribution >= 4 is 17.6 Å². The fourth-order valence-electron chi connectivity index (χ4n) is 2.40. The maximum absolute atomic E-state index is 11.5. The smallest absolute Gasteiger partial charge is 0.310 e. The van der Waals surface area contributed by atoms with Crippen molar-refractivity contribution in [2.45, 2.75) is 34.1 Å². The molecule has 0 radical (unpaired) electrons. The number of benzene rings is 1. The molecule has 0 N–H and O–H groups in total. The number of nitrogens with zero attached hydrogens (tertiary/aromatic N) is 1. The summed E-state index contributed by atoms with van der Waals surface area (Å²) in [5, 5.41) is 0.589. The van der Waals surface area contributed by atoms with E-state index in [1.807, 2.05) is 19.9 Å². The van der Waals surface area contributed by atoms with Gasteiger partial charge >= 0.3 is 5.97 Å². The fourth-order valence-corrected chi connectivity index (χ4v) is 2.69. The minimum absolute atomic E-state index is 0.141. The first-order valence-electron chi connectivity index (χ1n) is 7.15. The van der Waals surface area contributed by atoms with Crippen LogP contribution in [-0.4, -0.2) is 18.1 Å². The van der Waals surface area contributed by atoms with E-state index in [4.69, 9.17) is 16.3 Å². The average Bonchev–Trinajstić information content (AvgIpc) is 2.50. The molecule has 0 unspecified atom stereocenters. The second kappa shape index (κ2) is 6.49.